The van der Waals surface area contributed by atoms with E-state index in [1.54, 1.807) is 4.57 Å². The van der Waals surface area contributed by atoms with Crippen molar-refractivity contribution >= 4 is 28.5 Å². The molecule has 0 bridgehead atoms. The van der Waals surface area contributed by atoms with Gasteiger partial charge in [0.2, 0.25) is 11.8 Å². The second kappa shape index (κ2) is 6.23. The summed E-state index contributed by atoms with van der Waals surface area (Å²) in [5.41, 5.74) is 2.64. The Labute approximate surface area is 156 Å². The van der Waals surface area contributed by atoms with Crippen LogP contribution in [0.15, 0.2) is 23.0 Å². The summed E-state index contributed by atoms with van der Waals surface area (Å²) >= 11 is 0. The van der Waals surface area contributed by atoms with Gasteiger partial charge in [-0.3, -0.25) is 24.0 Å². The number of anilines is 1. The molecule has 142 valence electrons. The highest BCUT2D eigenvalue weighted by Crippen LogP contribution is 2.40. The van der Waals surface area contributed by atoms with Crippen molar-refractivity contribution in [1.82, 2.24) is 19.8 Å². The minimum Gasteiger partial charge on any atom is -0.367 e. The summed E-state index contributed by atoms with van der Waals surface area (Å²) in [5, 5.41) is 5.75. The number of carbonyl (C=O) groups is 2. The Morgan fingerprint density at radius 2 is 1.74 bits per heavy atom. The summed E-state index contributed by atoms with van der Waals surface area (Å²) in [7, 11) is 0. The Kier molecular flexibility index (Phi) is 3.82. The van der Waals surface area contributed by atoms with E-state index in [-0.39, 0.29) is 30.0 Å². The fourth-order valence-corrected chi connectivity index (χ4v) is 4.34. The molecule has 1 saturated carbocycles. The Hall–Kier alpha value is -2.61. The van der Waals surface area contributed by atoms with Gasteiger partial charge in [-0.05, 0) is 31.4 Å². The van der Waals surface area contributed by atoms with Crippen molar-refractivity contribution in [1.29, 1.82) is 0 Å². The van der Waals surface area contributed by atoms with Gasteiger partial charge in [0.25, 0.3) is 0 Å². The number of para-hydroxylation sites is 1. The molecule has 1 aliphatic carbocycles. The number of carbonyl (C=O) groups excluding carboxylic acids is 2. The number of benzene rings is 1. The Morgan fingerprint density at radius 3 is 2.44 bits per heavy atom. The minimum absolute atomic E-state index is 0.135. The summed E-state index contributed by atoms with van der Waals surface area (Å²) in [6, 6.07) is 5.53. The van der Waals surface area contributed by atoms with Gasteiger partial charge < -0.3 is 10.2 Å². The highest BCUT2D eigenvalue weighted by Gasteiger charge is 2.36. The monoisotopic (exact) mass is 369 g/mol. The van der Waals surface area contributed by atoms with E-state index >= 15 is 0 Å². The number of nitrogens with one attached hydrogen (secondary N) is 2. The SMILES string of the molecule is O=C1CCC(n2c(=O)n(C3CC3)c3c(N4CCNCC4)cccc32)C(=O)N1. The summed E-state index contributed by atoms with van der Waals surface area (Å²) in [4.78, 5) is 39.7. The summed E-state index contributed by atoms with van der Waals surface area (Å²) in [5.74, 6) is -0.646. The van der Waals surface area contributed by atoms with Crippen molar-refractivity contribution in [3.05, 3.63) is 28.7 Å². The maximum Gasteiger partial charge on any atom is 0.330 e. The molecule has 3 heterocycles. The molecule has 2 aliphatic heterocycles. The van der Waals surface area contributed by atoms with Crippen LogP contribution in [-0.2, 0) is 9.59 Å². The van der Waals surface area contributed by atoms with Gasteiger partial charge in [0.15, 0.2) is 0 Å². The molecule has 27 heavy (non-hydrogen) atoms. The third-order valence-electron chi connectivity index (χ3n) is 5.80. The van der Waals surface area contributed by atoms with Gasteiger partial charge in [-0.15, -0.1) is 0 Å². The topological polar surface area (TPSA) is 88.4 Å². The van der Waals surface area contributed by atoms with Crippen molar-refractivity contribution < 1.29 is 9.59 Å². The Bertz CT molecular complexity index is 981. The van der Waals surface area contributed by atoms with Crippen LogP contribution in [0.1, 0.15) is 37.8 Å². The van der Waals surface area contributed by atoms with Crippen LogP contribution in [0.25, 0.3) is 11.0 Å². The number of piperidine rings is 1. The van der Waals surface area contributed by atoms with Gasteiger partial charge >= 0.3 is 5.69 Å². The zero-order valence-electron chi connectivity index (χ0n) is 15.1. The third-order valence-corrected chi connectivity index (χ3v) is 5.80. The number of rotatable bonds is 3. The number of aromatic nitrogens is 2. The normalized spacial score (nSPS) is 23.7. The molecule has 2 aromatic rings. The van der Waals surface area contributed by atoms with Crippen LogP contribution in [0.5, 0.6) is 0 Å². The van der Waals surface area contributed by atoms with Gasteiger partial charge in [-0.25, -0.2) is 4.79 Å². The number of hydrogen-bond donors (Lipinski definition) is 2. The second-order valence-corrected chi connectivity index (χ2v) is 7.60. The van der Waals surface area contributed by atoms with Crippen molar-refractivity contribution in [3.8, 4) is 0 Å². The average Bonchev–Trinajstić information content (AvgIpc) is 3.46. The number of nitrogens with zero attached hydrogens (tertiary/aromatic N) is 3. The van der Waals surface area contributed by atoms with Crippen LogP contribution in [0.3, 0.4) is 0 Å². The lowest BCUT2D eigenvalue weighted by molar-refractivity contribution is -0.135. The van der Waals surface area contributed by atoms with E-state index in [4.69, 9.17) is 0 Å². The molecule has 1 atom stereocenters. The van der Waals surface area contributed by atoms with Crippen LogP contribution in [0.2, 0.25) is 0 Å². The molecule has 8 nitrogen and oxygen atoms in total. The molecule has 2 saturated heterocycles. The van der Waals surface area contributed by atoms with E-state index in [9.17, 15) is 14.4 Å². The second-order valence-electron chi connectivity index (χ2n) is 7.60. The minimum atomic E-state index is -0.629. The van der Waals surface area contributed by atoms with Crippen molar-refractivity contribution in [2.75, 3.05) is 31.1 Å². The molecule has 8 heteroatoms. The number of imide groups is 1. The molecule has 1 aromatic heterocycles. The smallest absolute Gasteiger partial charge is 0.330 e. The summed E-state index contributed by atoms with van der Waals surface area (Å²) < 4.78 is 3.50. The molecule has 0 spiro atoms. The summed E-state index contributed by atoms with van der Waals surface area (Å²) in [6.45, 7) is 3.61. The van der Waals surface area contributed by atoms with Crippen LogP contribution in [-0.4, -0.2) is 47.1 Å². The average molecular weight is 369 g/mol. The lowest BCUT2D eigenvalue weighted by Crippen LogP contribution is -2.44. The zero-order chi connectivity index (χ0) is 18.5. The highest BCUT2D eigenvalue weighted by molar-refractivity contribution is 6.00. The van der Waals surface area contributed by atoms with Gasteiger partial charge in [0.05, 0.1) is 16.7 Å². The van der Waals surface area contributed by atoms with Crippen molar-refractivity contribution in [2.24, 2.45) is 0 Å². The fourth-order valence-electron chi connectivity index (χ4n) is 4.34. The number of fused-ring (bicyclic) bond motifs is 1. The predicted octanol–water partition coefficient (Wildman–Crippen LogP) is 0.525. The molecular weight excluding hydrogens is 346 g/mol. The van der Waals surface area contributed by atoms with E-state index in [1.807, 2.05) is 16.7 Å². The van der Waals surface area contributed by atoms with E-state index in [0.29, 0.717) is 6.42 Å². The Morgan fingerprint density at radius 1 is 0.963 bits per heavy atom. The van der Waals surface area contributed by atoms with Crippen molar-refractivity contribution in [3.63, 3.8) is 0 Å². The van der Waals surface area contributed by atoms with Crippen LogP contribution in [0, 0.1) is 0 Å². The maximum atomic E-state index is 13.4. The highest BCUT2D eigenvalue weighted by atomic mass is 16.2. The molecule has 1 aromatic carbocycles. The molecule has 0 radical (unpaired) electrons. The molecule has 3 aliphatic rings. The first-order valence-corrected chi connectivity index (χ1v) is 9.70. The van der Waals surface area contributed by atoms with Gasteiger partial charge in [0.1, 0.15) is 6.04 Å². The first-order valence-electron chi connectivity index (χ1n) is 9.70. The molecule has 2 amide bonds. The zero-order valence-corrected chi connectivity index (χ0v) is 15.1. The standard InChI is InChI=1S/C19H23N5O3/c25-16-7-6-15(18(26)21-16)24-14-3-1-2-13(22-10-8-20-9-11-22)17(14)23(19(24)27)12-4-5-12/h1-3,12,15,20H,4-11H2,(H,21,25,26). The Balaban J connectivity index is 1.71. The molecule has 2 N–H and O–H groups in total. The quantitative estimate of drug-likeness (QED) is 0.771. The largest absolute Gasteiger partial charge is 0.367 e. The lowest BCUT2D eigenvalue weighted by atomic mass is 10.1. The number of piperazine rings is 1. The first kappa shape index (κ1) is 16.6. The number of imidazole rings is 1. The molecular formula is C19H23N5O3. The van der Waals surface area contributed by atoms with Gasteiger partial charge in [-0.1, -0.05) is 6.07 Å². The van der Waals surface area contributed by atoms with E-state index < -0.39 is 6.04 Å². The van der Waals surface area contributed by atoms with Gasteiger partial charge in [0, 0.05) is 38.6 Å². The lowest BCUT2D eigenvalue weighted by Gasteiger charge is -2.30. The first-order chi connectivity index (χ1) is 13.1. The fraction of sp³-hybridized carbons (Fsp3) is 0.526. The van der Waals surface area contributed by atoms with Gasteiger partial charge in [-0.2, -0.15) is 0 Å². The van der Waals surface area contributed by atoms with Crippen molar-refractivity contribution in [2.45, 2.75) is 37.8 Å². The van der Waals surface area contributed by atoms with E-state index in [1.165, 1.54) is 0 Å². The molecule has 3 fully saturated rings. The molecule has 5 rings (SSSR count). The predicted molar refractivity (Wildman–Crippen MR) is 101 cm³/mol. The molecule has 1 unspecified atom stereocenters. The van der Waals surface area contributed by atoms with E-state index in [2.05, 4.69) is 21.6 Å². The number of hydrogen-bond acceptors (Lipinski definition) is 5. The van der Waals surface area contributed by atoms with Crippen LogP contribution >= 0.6 is 0 Å². The third kappa shape index (κ3) is 2.66. The van der Waals surface area contributed by atoms with Crippen LogP contribution in [0.4, 0.5) is 5.69 Å². The van der Waals surface area contributed by atoms with E-state index in [0.717, 1.165) is 55.7 Å². The summed E-state index contributed by atoms with van der Waals surface area (Å²) in [6.07, 6.45) is 2.61. The van der Waals surface area contributed by atoms with Crippen LogP contribution < -0.4 is 21.2 Å². The maximum absolute atomic E-state index is 13.4. The number of amides is 2.